The second-order valence-electron chi connectivity index (χ2n) is 2.82. The third-order valence-electron chi connectivity index (χ3n) is 2.03. The molecule has 5 heteroatoms. The summed E-state index contributed by atoms with van der Waals surface area (Å²) in [7, 11) is 0. The first kappa shape index (κ1) is 7.30. The summed E-state index contributed by atoms with van der Waals surface area (Å²) in [5.41, 5.74) is 3.58. The smallest absolute Gasteiger partial charge is 0.285 e. The van der Waals surface area contributed by atoms with E-state index in [4.69, 9.17) is 5.84 Å². The number of carbonyl (C=O) groups excluding carboxylic acids is 1. The van der Waals surface area contributed by atoms with Crippen LogP contribution in [0.5, 0.6) is 0 Å². The second-order valence-corrected chi connectivity index (χ2v) is 2.82. The molecule has 0 fully saturated rings. The van der Waals surface area contributed by atoms with Crippen LogP contribution in [0.2, 0.25) is 0 Å². The van der Waals surface area contributed by atoms with Gasteiger partial charge in [0.25, 0.3) is 5.91 Å². The van der Waals surface area contributed by atoms with Crippen molar-refractivity contribution in [1.82, 2.24) is 15.2 Å². The molecule has 0 spiro atoms. The Morgan fingerprint density at radius 2 is 2.58 bits per heavy atom. The molecular weight excluding hydrogens is 156 g/mol. The van der Waals surface area contributed by atoms with E-state index in [0.717, 1.165) is 25.1 Å². The van der Waals surface area contributed by atoms with Crippen molar-refractivity contribution in [2.45, 2.75) is 19.4 Å². The molecule has 0 bridgehead atoms. The molecule has 12 heavy (non-hydrogen) atoms. The fourth-order valence-corrected chi connectivity index (χ4v) is 1.45. The minimum Gasteiger partial charge on any atom is -0.289 e. The zero-order valence-corrected chi connectivity index (χ0v) is 6.58. The van der Waals surface area contributed by atoms with E-state index in [9.17, 15) is 4.79 Å². The number of rotatable bonds is 1. The zero-order valence-electron chi connectivity index (χ0n) is 6.58. The van der Waals surface area contributed by atoms with Crippen LogP contribution in [0.25, 0.3) is 0 Å². The van der Waals surface area contributed by atoms with Crippen molar-refractivity contribution in [3.8, 4) is 0 Å². The van der Waals surface area contributed by atoms with E-state index in [2.05, 4.69) is 10.5 Å². The van der Waals surface area contributed by atoms with Gasteiger partial charge in [0.15, 0.2) is 5.69 Å². The van der Waals surface area contributed by atoms with Gasteiger partial charge < -0.3 is 0 Å². The highest BCUT2D eigenvalue weighted by Gasteiger charge is 2.16. The van der Waals surface area contributed by atoms with Crippen LogP contribution >= 0.6 is 0 Å². The summed E-state index contributed by atoms with van der Waals surface area (Å²) in [4.78, 5) is 11.0. The summed E-state index contributed by atoms with van der Waals surface area (Å²) >= 11 is 0. The Hall–Kier alpha value is -1.36. The number of hydrazine groups is 1. The Balaban J connectivity index is 2.31. The van der Waals surface area contributed by atoms with E-state index in [0.29, 0.717) is 5.69 Å². The number of nitrogens with one attached hydrogen (secondary N) is 1. The standard InChI is InChI=1S/C7H10N4O/c8-9-7(12)6-4-5-2-1-3-11(5)10-6/h4H,1-3,8H2,(H,9,12). The van der Waals surface area contributed by atoms with Crippen LogP contribution in [-0.2, 0) is 13.0 Å². The van der Waals surface area contributed by atoms with Gasteiger partial charge in [-0.2, -0.15) is 5.10 Å². The molecule has 1 amide bonds. The summed E-state index contributed by atoms with van der Waals surface area (Å²) in [5.74, 6) is 4.65. The van der Waals surface area contributed by atoms with Gasteiger partial charge in [0.1, 0.15) is 0 Å². The van der Waals surface area contributed by atoms with Crippen molar-refractivity contribution in [2.24, 2.45) is 5.84 Å². The summed E-state index contributed by atoms with van der Waals surface area (Å²) in [6, 6.07) is 1.79. The summed E-state index contributed by atoms with van der Waals surface area (Å²) < 4.78 is 1.85. The maximum atomic E-state index is 11.0. The molecule has 1 aromatic rings. The van der Waals surface area contributed by atoms with Crippen molar-refractivity contribution in [2.75, 3.05) is 0 Å². The molecule has 0 atom stereocenters. The number of nitrogens with two attached hydrogens (primary N) is 1. The van der Waals surface area contributed by atoms with E-state index < -0.39 is 0 Å². The van der Waals surface area contributed by atoms with E-state index in [-0.39, 0.29) is 5.91 Å². The van der Waals surface area contributed by atoms with Crippen molar-refractivity contribution < 1.29 is 4.79 Å². The quantitative estimate of drug-likeness (QED) is 0.333. The predicted molar refractivity (Wildman–Crippen MR) is 42.2 cm³/mol. The van der Waals surface area contributed by atoms with Crippen LogP contribution < -0.4 is 11.3 Å². The lowest BCUT2D eigenvalue weighted by Gasteiger charge is -1.93. The number of carbonyl (C=O) groups is 1. The topological polar surface area (TPSA) is 72.9 Å². The summed E-state index contributed by atoms with van der Waals surface area (Å²) in [6.07, 6.45) is 2.12. The number of amides is 1. The minimum absolute atomic E-state index is 0.322. The highest BCUT2D eigenvalue weighted by molar-refractivity contribution is 5.91. The van der Waals surface area contributed by atoms with Crippen LogP contribution in [0.15, 0.2) is 6.07 Å². The fraction of sp³-hybridized carbons (Fsp3) is 0.429. The monoisotopic (exact) mass is 166 g/mol. The number of hydrogen-bond donors (Lipinski definition) is 2. The lowest BCUT2D eigenvalue weighted by atomic mass is 10.2. The number of aryl methyl sites for hydroxylation is 2. The summed E-state index contributed by atoms with van der Waals surface area (Å²) in [5, 5.41) is 4.09. The molecule has 0 saturated heterocycles. The van der Waals surface area contributed by atoms with E-state index in [1.807, 2.05) is 4.68 Å². The Morgan fingerprint density at radius 3 is 3.25 bits per heavy atom. The molecule has 1 aromatic heterocycles. The Bertz CT molecular complexity index is 296. The maximum Gasteiger partial charge on any atom is 0.285 e. The van der Waals surface area contributed by atoms with Crippen molar-refractivity contribution >= 4 is 5.91 Å². The Labute approximate surface area is 69.5 Å². The number of fused-ring (bicyclic) bond motifs is 1. The molecule has 3 N–H and O–H groups in total. The van der Waals surface area contributed by atoms with Crippen molar-refractivity contribution in [1.29, 1.82) is 0 Å². The van der Waals surface area contributed by atoms with Crippen LogP contribution in [0.1, 0.15) is 22.6 Å². The SMILES string of the molecule is NNC(=O)c1cc2n(n1)CCC2. The van der Waals surface area contributed by atoms with Crippen LogP contribution in [0.4, 0.5) is 0 Å². The Kier molecular flexibility index (Phi) is 1.58. The molecule has 2 heterocycles. The first-order chi connectivity index (χ1) is 5.81. The second kappa shape index (κ2) is 2.60. The van der Waals surface area contributed by atoms with Gasteiger partial charge in [0.05, 0.1) is 0 Å². The van der Waals surface area contributed by atoms with Gasteiger partial charge in [-0.15, -0.1) is 0 Å². The average Bonchev–Trinajstić information content (AvgIpc) is 2.60. The van der Waals surface area contributed by atoms with Crippen LogP contribution in [0, 0.1) is 0 Å². The molecule has 0 unspecified atom stereocenters. The van der Waals surface area contributed by atoms with Gasteiger partial charge in [-0.1, -0.05) is 0 Å². The zero-order chi connectivity index (χ0) is 8.55. The molecule has 64 valence electrons. The predicted octanol–water partition coefficient (Wildman–Crippen LogP) is -0.567. The van der Waals surface area contributed by atoms with Gasteiger partial charge in [0.2, 0.25) is 0 Å². The third-order valence-corrected chi connectivity index (χ3v) is 2.03. The lowest BCUT2D eigenvalue weighted by molar-refractivity contribution is 0.0948. The van der Waals surface area contributed by atoms with Crippen LogP contribution in [0.3, 0.4) is 0 Å². The van der Waals surface area contributed by atoms with Gasteiger partial charge in [-0.05, 0) is 18.9 Å². The van der Waals surface area contributed by atoms with Crippen molar-refractivity contribution in [3.05, 3.63) is 17.5 Å². The molecule has 1 aliphatic heterocycles. The molecule has 0 aromatic carbocycles. The van der Waals surface area contributed by atoms with E-state index in [1.165, 1.54) is 0 Å². The minimum atomic E-state index is -0.322. The van der Waals surface area contributed by atoms with Gasteiger partial charge >= 0.3 is 0 Å². The summed E-state index contributed by atoms with van der Waals surface area (Å²) in [6.45, 7) is 0.910. The molecule has 5 nitrogen and oxygen atoms in total. The number of nitrogens with zero attached hydrogens (tertiary/aromatic N) is 2. The van der Waals surface area contributed by atoms with E-state index in [1.54, 1.807) is 6.07 Å². The molecule has 1 aliphatic rings. The first-order valence-corrected chi connectivity index (χ1v) is 3.89. The van der Waals surface area contributed by atoms with Gasteiger partial charge in [-0.3, -0.25) is 14.9 Å². The normalized spacial score (nSPS) is 14.4. The highest BCUT2D eigenvalue weighted by atomic mass is 16.2. The molecule has 0 saturated carbocycles. The number of nitrogen functional groups attached to an aromatic ring is 1. The third kappa shape index (κ3) is 0.984. The van der Waals surface area contributed by atoms with Crippen LogP contribution in [-0.4, -0.2) is 15.7 Å². The first-order valence-electron chi connectivity index (χ1n) is 3.89. The number of aromatic nitrogens is 2. The average molecular weight is 166 g/mol. The molecule has 0 aliphatic carbocycles. The molecular formula is C7H10N4O. The number of hydrogen-bond acceptors (Lipinski definition) is 3. The molecule has 0 radical (unpaired) electrons. The Morgan fingerprint density at radius 1 is 1.75 bits per heavy atom. The van der Waals surface area contributed by atoms with E-state index >= 15 is 0 Å². The van der Waals surface area contributed by atoms with Gasteiger partial charge in [-0.25, -0.2) is 5.84 Å². The molecule has 2 rings (SSSR count). The maximum absolute atomic E-state index is 11.0. The largest absolute Gasteiger partial charge is 0.289 e. The highest BCUT2D eigenvalue weighted by Crippen LogP contribution is 2.14. The fourth-order valence-electron chi connectivity index (χ4n) is 1.45. The van der Waals surface area contributed by atoms with Gasteiger partial charge in [0, 0.05) is 12.2 Å². The van der Waals surface area contributed by atoms with Crippen molar-refractivity contribution in [3.63, 3.8) is 0 Å². The lowest BCUT2D eigenvalue weighted by Crippen LogP contribution is -2.30.